The third-order valence-electron chi connectivity index (χ3n) is 11.3. The smallest absolute Gasteiger partial charge is 0.368 e. The summed E-state index contributed by atoms with van der Waals surface area (Å²) in [5, 5.41) is 19.1. The first kappa shape index (κ1) is 47.3. The number of aromatic nitrogens is 4. The van der Waals surface area contributed by atoms with Gasteiger partial charge in [-0.2, -0.15) is 0 Å². The lowest BCUT2D eigenvalue weighted by Gasteiger charge is -2.36. The zero-order valence-electron chi connectivity index (χ0n) is 38.5. The number of piperazine rings is 2. The average molecular weight is 883 g/mol. The van der Waals surface area contributed by atoms with Crippen molar-refractivity contribution in [3.05, 3.63) is 83.9 Å². The lowest BCUT2D eigenvalue weighted by Crippen LogP contribution is -2.47. The van der Waals surface area contributed by atoms with Crippen LogP contribution in [0.1, 0.15) is 64.5 Å². The van der Waals surface area contributed by atoms with Gasteiger partial charge in [-0.15, -0.1) is 20.4 Å². The van der Waals surface area contributed by atoms with Gasteiger partial charge < -0.3 is 39.1 Å². The maximum atomic E-state index is 13.5. The molecule has 0 bridgehead atoms. The number of carbonyl (C=O) groups is 2. The Kier molecular flexibility index (Phi) is 17.8. The standard InChI is InChI=1S/C46H66N12O6/c1-7-51(45(59)57(61-9-3)63-43-23-21-41(47-49-43)55-31-27-53(28-32-55)39-19-15-17-37(5)35-39)25-13-11-12-14-26-52(8-2)46(60)58(62-10-4)64-44-24-22-42(48-50-44)56-33-29-54(30-34-56)40-20-16-18-38(6)36-40/h15-24,35-36H,7-14,25-34H2,1-6H3. The molecule has 18 nitrogen and oxygen atoms in total. The van der Waals surface area contributed by atoms with Crippen molar-refractivity contribution < 1.29 is 28.9 Å². The zero-order valence-corrected chi connectivity index (χ0v) is 38.5. The highest BCUT2D eigenvalue weighted by molar-refractivity contribution is 5.73. The van der Waals surface area contributed by atoms with E-state index in [2.05, 4.69) is 102 Å². The quantitative estimate of drug-likeness (QED) is 0.0640. The van der Waals surface area contributed by atoms with Crippen LogP contribution in [0.15, 0.2) is 72.8 Å². The summed E-state index contributed by atoms with van der Waals surface area (Å²) in [6.07, 6.45) is 3.23. The SMILES string of the molecule is CCON(Oc1ccc(N2CCN(c3cccc(C)c3)CC2)nn1)C(=O)N(CC)CCCCCCN(CC)C(=O)N(OCC)Oc1ccc(N2CCN(c3cccc(C)c3)CC2)nn1. The van der Waals surface area contributed by atoms with Crippen molar-refractivity contribution >= 4 is 35.1 Å². The van der Waals surface area contributed by atoms with Gasteiger partial charge in [0, 0.05) is 102 Å². The summed E-state index contributed by atoms with van der Waals surface area (Å²) in [6, 6.07) is 23.4. The molecule has 6 rings (SSSR count). The summed E-state index contributed by atoms with van der Waals surface area (Å²) in [4.78, 5) is 62.4. The van der Waals surface area contributed by atoms with E-state index in [0.717, 1.165) is 100 Å². The molecular weight excluding hydrogens is 817 g/mol. The number of aryl methyl sites for hydroxylation is 2. The number of urea groups is 2. The van der Waals surface area contributed by atoms with Gasteiger partial charge in [-0.3, -0.25) is 0 Å². The molecule has 0 spiro atoms. The number of carbonyl (C=O) groups excluding carboxylic acids is 2. The second-order valence-corrected chi connectivity index (χ2v) is 15.8. The molecular formula is C46H66N12O6. The van der Waals surface area contributed by atoms with Crippen LogP contribution < -0.4 is 29.3 Å². The molecule has 0 unspecified atom stereocenters. The van der Waals surface area contributed by atoms with Gasteiger partial charge in [0.05, 0.1) is 13.2 Å². The Hall–Kier alpha value is -6.14. The van der Waals surface area contributed by atoms with Gasteiger partial charge in [-0.25, -0.2) is 19.3 Å². The molecule has 2 saturated heterocycles. The van der Waals surface area contributed by atoms with Crippen LogP contribution in [0, 0.1) is 13.8 Å². The first-order valence-corrected chi connectivity index (χ1v) is 22.8. The van der Waals surface area contributed by atoms with Gasteiger partial charge in [-0.1, -0.05) is 37.1 Å². The summed E-state index contributed by atoms with van der Waals surface area (Å²) >= 11 is 0. The lowest BCUT2D eigenvalue weighted by atomic mass is 10.2. The topological polar surface area (TPSA) is 149 Å². The maximum Gasteiger partial charge on any atom is 0.379 e. The van der Waals surface area contributed by atoms with Crippen molar-refractivity contribution in [2.45, 2.75) is 67.2 Å². The van der Waals surface area contributed by atoms with E-state index in [-0.39, 0.29) is 25.0 Å². The summed E-state index contributed by atoms with van der Waals surface area (Å²) in [7, 11) is 0. The van der Waals surface area contributed by atoms with E-state index in [0.29, 0.717) is 26.2 Å². The summed E-state index contributed by atoms with van der Waals surface area (Å²) < 4.78 is 0. The van der Waals surface area contributed by atoms with Gasteiger partial charge in [0.15, 0.2) is 11.6 Å². The molecule has 2 aliphatic rings. The van der Waals surface area contributed by atoms with Crippen LogP contribution in [0.2, 0.25) is 0 Å². The van der Waals surface area contributed by atoms with E-state index in [9.17, 15) is 9.59 Å². The number of benzene rings is 2. The molecule has 2 fully saturated rings. The van der Waals surface area contributed by atoms with E-state index in [1.807, 2.05) is 26.0 Å². The summed E-state index contributed by atoms with van der Waals surface area (Å²) in [5.41, 5.74) is 4.96. The minimum absolute atomic E-state index is 0.160. The fourth-order valence-corrected chi connectivity index (χ4v) is 7.71. The molecule has 0 atom stereocenters. The van der Waals surface area contributed by atoms with E-state index >= 15 is 0 Å². The van der Waals surface area contributed by atoms with Crippen molar-refractivity contribution in [2.75, 3.05) is 111 Å². The molecule has 64 heavy (non-hydrogen) atoms. The Morgan fingerprint density at radius 1 is 0.516 bits per heavy atom. The Morgan fingerprint density at radius 2 is 0.906 bits per heavy atom. The van der Waals surface area contributed by atoms with Crippen molar-refractivity contribution in [3.8, 4) is 11.8 Å². The molecule has 0 aliphatic carbocycles. The molecule has 4 heterocycles. The van der Waals surface area contributed by atoms with Gasteiger partial charge in [-0.05, 0) is 112 Å². The molecule has 2 aromatic heterocycles. The highest BCUT2D eigenvalue weighted by atomic mass is 17.0. The summed E-state index contributed by atoms with van der Waals surface area (Å²) in [5.74, 6) is 1.83. The second-order valence-electron chi connectivity index (χ2n) is 15.8. The van der Waals surface area contributed by atoms with E-state index in [1.54, 1.807) is 35.8 Å². The number of hydrogen-bond donors (Lipinski definition) is 0. The Morgan fingerprint density at radius 3 is 1.23 bits per heavy atom. The Labute approximate surface area is 378 Å². The van der Waals surface area contributed by atoms with Crippen LogP contribution in [-0.4, -0.2) is 144 Å². The molecule has 0 radical (unpaired) electrons. The monoisotopic (exact) mass is 883 g/mol. The minimum Gasteiger partial charge on any atom is -0.368 e. The number of amides is 4. The molecule has 346 valence electrons. The second kappa shape index (κ2) is 24.1. The van der Waals surface area contributed by atoms with Crippen molar-refractivity contribution in [1.29, 1.82) is 0 Å². The van der Waals surface area contributed by atoms with Crippen LogP contribution in [0.25, 0.3) is 0 Å². The van der Waals surface area contributed by atoms with E-state index < -0.39 is 12.1 Å². The molecule has 2 aromatic carbocycles. The van der Waals surface area contributed by atoms with Gasteiger partial charge >= 0.3 is 12.1 Å². The lowest BCUT2D eigenvalue weighted by molar-refractivity contribution is -0.278. The maximum absolute atomic E-state index is 13.5. The normalized spacial score (nSPS) is 14.0. The minimum atomic E-state index is -0.419. The third-order valence-corrected chi connectivity index (χ3v) is 11.3. The van der Waals surface area contributed by atoms with Crippen LogP contribution in [-0.2, 0) is 9.68 Å². The third kappa shape index (κ3) is 13.2. The number of unbranched alkanes of at least 4 members (excludes halogenated alkanes) is 3. The predicted octanol–water partition coefficient (Wildman–Crippen LogP) is 6.78. The van der Waals surface area contributed by atoms with E-state index in [1.165, 1.54) is 22.5 Å². The molecule has 0 saturated carbocycles. The first-order chi connectivity index (χ1) is 31.2. The number of rotatable bonds is 21. The fraction of sp³-hybridized carbons (Fsp3) is 0.522. The number of hydrogen-bond acceptors (Lipinski definition) is 14. The molecule has 4 aromatic rings. The zero-order chi connectivity index (χ0) is 45.3. The van der Waals surface area contributed by atoms with Gasteiger partial charge in [0.1, 0.15) is 0 Å². The van der Waals surface area contributed by atoms with Crippen molar-refractivity contribution in [2.24, 2.45) is 0 Å². The van der Waals surface area contributed by atoms with Gasteiger partial charge in [0.25, 0.3) is 11.8 Å². The van der Waals surface area contributed by atoms with Gasteiger partial charge in [0.2, 0.25) is 0 Å². The predicted molar refractivity (Wildman–Crippen MR) is 247 cm³/mol. The van der Waals surface area contributed by atoms with Crippen LogP contribution >= 0.6 is 0 Å². The number of hydroxylamine groups is 4. The largest absolute Gasteiger partial charge is 0.379 e. The van der Waals surface area contributed by atoms with Crippen LogP contribution in [0.4, 0.5) is 32.6 Å². The summed E-state index contributed by atoms with van der Waals surface area (Å²) in [6.45, 7) is 20.8. The molecule has 2 aliphatic heterocycles. The van der Waals surface area contributed by atoms with E-state index in [4.69, 9.17) is 19.4 Å². The fourth-order valence-electron chi connectivity index (χ4n) is 7.71. The number of anilines is 4. The Balaban J connectivity index is 0.902. The van der Waals surface area contributed by atoms with Crippen LogP contribution in [0.3, 0.4) is 0 Å². The highest BCUT2D eigenvalue weighted by Crippen LogP contribution is 2.23. The number of nitrogens with zero attached hydrogens (tertiary/aromatic N) is 12. The molecule has 4 amide bonds. The van der Waals surface area contributed by atoms with Crippen molar-refractivity contribution in [1.82, 2.24) is 40.6 Å². The Bertz CT molecular complexity index is 1890. The molecule has 0 N–H and O–H groups in total. The highest BCUT2D eigenvalue weighted by Gasteiger charge is 2.27. The average Bonchev–Trinajstić information content (AvgIpc) is 3.32. The molecule has 18 heteroatoms. The van der Waals surface area contributed by atoms with Crippen LogP contribution in [0.5, 0.6) is 11.8 Å². The van der Waals surface area contributed by atoms with Crippen molar-refractivity contribution in [3.63, 3.8) is 0 Å². The first-order valence-electron chi connectivity index (χ1n) is 22.8.